The minimum atomic E-state index is -3.11. The highest BCUT2D eigenvalue weighted by Crippen LogP contribution is 2.36. The predicted octanol–water partition coefficient (Wildman–Crippen LogP) is -1.11. The number of hydrazine groups is 1. The molecule has 1 aromatic rings. The molecule has 0 bridgehead atoms. The van der Waals surface area contributed by atoms with Gasteiger partial charge in [-0.15, -0.1) is 0 Å². The summed E-state index contributed by atoms with van der Waals surface area (Å²) in [6, 6.07) is -0.528. The van der Waals surface area contributed by atoms with Gasteiger partial charge in [0.25, 0.3) is 5.91 Å². The number of rotatable bonds is 7. The van der Waals surface area contributed by atoms with Crippen molar-refractivity contribution in [2.45, 2.75) is 37.1 Å². The SMILES string of the molecule is C[C@@H]1CC(=O)N1[C@@H](C(=O)O)[C@](C)(COC(=O)NNC(=O)c1ccc(O)c(O)c1O)S(=O)[O-]. The Labute approximate surface area is 183 Å². The van der Waals surface area contributed by atoms with Crippen LogP contribution >= 0.6 is 0 Å². The van der Waals surface area contributed by atoms with E-state index in [4.69, 9.17) is 4.74 Å². The number of carbonyl (C=O) groups is 4. The number of phenols is 3. The molecule has 1 heterocycles. The number of carbonyl (C=O) groups excluding carboxylic acids is 3. The second kappa shape index (κ2) is 9.27. The Morgan fingerprint density at radius 1 is 1.28 bits per heavy atom. The molecule has 0 aromatic heterocycles. The second-order valence-corrected chi connectivity index (χ2v) is 8.53. The third-order valence-electron chi connectivity index (χ3n) is 4.85. The summed E-state index contributed by atoms with van der Waals surface area (Å²) in [4.78, 5) is 48.3. The van der Waals surface area contributed by atoms with Crippen LogP contribution in [-0.4, -0.2) is 81.4 Å². The molecular formula is C17H20N3O11S-. The lowest BCUT2D eigenvalue weighted by atomic mass is 9.92. The topological polar surface area (TPSA) is 226 Å². The Balaban J connectivity index is 2.06. The first kappa shape index (κ1) is 24.7. The van der Waals surface area contributed by atoms with Crippen LogP contribution in [0, 0.1) is 0 Å². The van der Waals surface area contributed by atoms with Gasteiger partial charge in [-0.3, -0.25) is 19.2 Å². The molecule has 32 heavy (non-hydrogen) atoms. The molecule has 6 N–H and O–H groups in total. The summed E-state index contributed by atoms with van der Waals surface area (Å²) in [6.07, 6.45) is -1.34. The average molecular weight is 474 g/mol. The van der Waals surface area contributed by atoms with Gasteiger partial charge in [-0.2, -0.15) is 0 Å². The Bertz CT molecular complexity index is 985. The fraction of sp³-hybridized carbons (Fsp3) is 0.412. The highest BCUT2D eigenvalue weighted by molar-refractivity contribution is 7.80. The van der Waals surface area contributed by atoms with E-state index >= 15 is 0 Å². The fourth-order valence-electron chi connectivity index (χ4n) is 3.05. The summed E-state index contributed by atoms with van der Waals surface area (Å²) in [5.41, 5.74) is 3.04. The van der Waals surface area contributed by atoms with Crippen molar-refractivity contribution in [3.63, 3.8) is 0 Å². The zero-order valence-corrected chi connectivity index (χ0v) is 17.5. The first-order chi connectivity index (χ1) is 14.8. The lowest BCUT2D eigenvalue weighted by Crippen LogP contribution is -2.68. The van der Waals surface area contributed by atoms with Crippen LogP contribution in [0.4, 0.5) is 4.79 Å². The van der Waals surface area contributed by atoms with Crippen LogP contribution in [0.25, 0.3) is 0 Å². The van der Waals surface area contributed by atoms with Gasteiger partial charge in [-0.05, 0) is 37.1 Å². The number of phenolic OH excluding ortho intramolecular Hbond substituents is 3. The third-order valence-corrected chi connectivity index (χ3v) is 5.95. The van der Waals surface area contributed by atoms with Gasteiger partial charge < -0.3 is 34.6 Å². The van der Waals surface area contributed by atoms with Crippen molar-refractivity contribution in [1.82, 2.24) is 15.8 Å². The molecule has 15 heteroatoms. The molecule has 176 valence electrons. The first-order valence-electron chi connectivity index (χ1n) is 8.91. The maximum Gasteiger partial charge on any atom is 0.426 e. The molecule has 0 spiro atoms. The van der Waals surface area contributed by atoms with Crippen LogP contribution in [0.15, 0.2) is 12.1 Å². The lowest BCUT2D eigenvalue weighted by Gasteiger charge is -2.49. The van der Waals surface area contributed by atoms with E-state index in [1.807, 2.05) is 5.43 Å². The van der Waals surface area contributed by atoms with Gasteiger partial charge in [0.15, 0.2) is 11.5 Å². The number of benzene rings is 1. The van der Waals surface area contributed by atoms with Gasteiger partial charge in [0.1, 0.15) is 12.6 Å². The van der Waals surface area contributed by atoms with Gasteiger partial charge in [0.05, 0.1) is 10.3 Å². The average Bonchev–Trinajstić information content (AvgIpc) is 2.72. The normalized spacial score (nSPS) is 19.2. The number of aromatic hydroxyl groups is 3. The molecule has 1 aromatic carbocycles. The van der Waals surface area contributed by atoms with Crippen LogP contribution < -0.4 is 10.9 Å². The summed E-state index contributed by atoms with van der Waals surface area (Å²) < 4.78 is 26.2. The Kier molecular flexibility index (Phi) is 7.15. The highest BCUT2D eigenvalue weighted by atomic mass is 32.2. The number of hydrogen-bond donors (Lipinski definition) is 6. The number of aliphatic carboxylic acids is 1. The Morgan fingerprint density at radius 2 is 1.91 bits per heavy atom. The quantitative estimate of drug-likeness (QED) is 0.120. The molecule has 1 aliphatic heterocycles. The second-order valence-electron chi connectivity index (χ2n) is 7.13. The van der Waals surface area contributed by atoms with E-state index in [-0.39, 0.29) is 6.42 Å². The summed E-state index contributed by atoms with van der Waals surface area (Å²) in [6.45, 7) is 1.53. The van der Waals surface area contributed by atoms with Crippen LogP contribution in [0.1, 0.15) is 30.6 Å². The zero-order valence-electron chi connectivity index (χ0n) is 16.7. The van der Waals surface area contributed by atoms with Crippen molar-refractivity contribution in [3.05, 3.63) is 17.7 Å². The highest BCUT2D eigenvalue weighted by Gasteiger charge is 2.52. The van der Waals surface area contributed by atoms with Crippen molar-refractivity contribution in [1.29, 1.82) is 0 Å². The first-order valence-corrected chi connectivity index (χ1v) is 9.99. The number of nitrogens with zero attached hydrogens (tertiary/aromatic N) is 1. The molecule has 1 unspecified atom stereocenters. The molecule has 0 saturated carbocycles. The summed E-state index contributed by atoms with van der Waals surface area (Å²) >= 11 is -3.11. The number of likely N-dealkylation sites (tertiary alicyclic amines) is 1. The van der Waals surface area contributed by atoms with Crippen LogP contribution in [-0.2, 0) is 25.4 Å². The summed E-state index contributed by atoms with van der Waals surface area (Å²) in [5, 5.41) is 37.8. The number of carboxylic acid groups (broad SMARTS) is 1. The molecule has 1 aliphatic rings. The van der Waals surface area contributed by atoms with E-state index in [1.165, 1.54) is 6.92 Å². The third kappa shape index (κ3) is 4.67. The molecule has 0 aliphatic carbocycles. The van der Waals surface area contributed by atoms with E-state index in [1.54, 1.807) is 5.43 Å². The molecule has 3 amide bonds. The standard InChI is InChI=1S/C17H21N3O11S/c1-7-5-10(22)20(7)13(15(26)27)17(2,32(29)30)6-31-16(28)19-18-14(25)8-3-4-9(21)12(24)11(8)23/h3-4,7,13,21,23-24H,5-6H2,1-2H3,(H,18,25)(H,19,28)(H,26,27)(H,29,30)/p-1/t7-,13+,17+/m1/s1. The number of hydrogen-bond acceptors (Lipinski definition) is 10. The molecule has 4 atom stereocenters. The van der Waals surface area contributed by atoms with Gasteiger partial charge in [0, 0.05) is 12.5 Å². The number of ether oxygens (including phenoxy) is 1. The largest absolute Gasteiger partial charge is 0.772 e. The van der Waals surface area contributed by atoms with Crippen molar-refractivity contribution < 1.29 is 53.1 Å². The van der Waals surface area contributed by atoms with Gasteiger partial charge >= 0.3 is 12.1 Å². The molecular weight excluding hydrogens is 454 g/mol. The maximum atomic E-state index is 12.0. The maximum absolute atomic E-state index is 12.0. The van der Waals surface area contributed by atoms with E-state index in [0.717, 1.165) is 24.0 Å². The number of nitrogens with one attached hydrogen (secondary N) is 2. The van der Waals surface area contributed by atoms with Crippen LogP contribution in [0.3, 0.4) is 0 Å². The molecule has 1 fully saturated rings. The Hall–Kier alpha value is -3.59. The van der Waals surface area contributed by atoms with Crippen molar-refractivity contribution in [2.75, 3.05) is 6.61 Å². The van der Waals surface area contributed by atoms with Crippen LogP contribution in [0.5, 0.6) is 17.2 Å². The summed E-state index contributed by atoms with van der Waals surface area (Å²) in [7, 11) is 0. The van der Waals surface area contributed by atoms with Crippen molar-refractivity contribution >= 4 is 35.0 Å². The van der Waals surface area contributed by atoms with Gasteiger partial charge in [-0.1, -0.05) is 0 Å². The summed E-state index contributed by atoms with van der Waals surface area (Å²) in [5.74, 6) is -5.95. The van der Waals surface area contributed by atoms with E-state index in [9.17, 15) is 48.4 Å². The number of amides is 3. The van der Waals surface area contributed by atoms with E-state index in [0.29, 0.717) is 0 Å². The monoisotopic (exact) mass is 474 g/mol. The number of carboxylic acids is 1. The Morgan fingerprint density at radius 3 is 2.41 bits per heavy atom. The van der Waals surface area contributed by atoms with Gasteiger partial charge in [0.2, 0.25) is 11.7 Å². The zero-order chi connectivity index (χ0) is 24.4. The molecule has 1 saturated heterocycles. The van der Waals surface area contributed by atoms with Crippen molar-refractivity contribution in [3.8, 4) is 17.2 Å². The van der Waals surface area contributed by atoms with Gasteiger partial charge in [-0.25, -0.2) is 15.0 Å². The predicted molar refractivity (Wildman–Crippen MR) is 103 cm³/mol. The molecule has 2 rings (SSSR count). The minimum absolute atomic E-state index is 0.0401. The van der Waals surface area contributed by atoms with E-state index in [2.05, 4.69) is 0 Å². The smallest absolute Gasteiger partial charge is 0.426 e. The molecule has 14 nitrogen and oxygen atoms in total. The van der Waals surface area contributed by atoms with E-state index < -0.39 is 81.2 Å². The fourth-order valence-corrected chi connectivity index (χ4v) is 3.61. The minimum Gasteiger partial charge on any atom is -0.772 e. The lowest BCUT2D eigenvalue weighted by molar-refractivity contribution is -0.163. The van der Waals surface area contributed by atoms with Crippen molar-refractivity contribution in [2.24, 2.45) is 0 Å². The number of β-lactam (4-membered cyclic amide) rings is 1. The van der Waals surface area contributed by atoms with Crippen LogP contribution in [0.2, 0.25) is 0 Å². The molecule has 0 radical (unpaired) electrons.